The van der Waals surface area contributed by atoms with Gasteiger partial charge in [0.2, 0.25) is 5.91 Å². The molecule has 2 heterocycles. The van der Waals surface area contributed by atoms with E-state index in [0.29, 0.717) is 30.8 Å². The van der Waals surface area contributed by atoms with Crippen LogP contribution in [-0.4, -0.2) is 48.3 Å². The fourth-order valence-corrected chi connectivity index (χ4v) is 5.57. The molecule has 5 nitrogen and oxygen atoms in total. The van der Waals surface area contributed by atoms with Crippen molar-refractivity contribution in [3.05, 3.63) is 75.5 Å². The SMILES string of the molecule is C=CC(=O)N1CCC(Nc2ccc3c(c2)C(=O)N(C)CC3(C)C)(c2c(F)ccc(Cl)c2Cl)C1. The Morgan fingerprint density at radius 1 is 1.21 bits per heavy atom. The number of nitrogens with zero attached hydrogens (tertiary/aromatic N) is 2. The smallest absolute Gasteiger partial charge is 0.254 e. The van der Waals surface area contributed by atoms with Crippen LogP contribution in [0.1, 0.15) is 41.8 Å². The van der Waals surface area contributed by atoms with Crippen LogP contribution in [0.15, 0.2) is 43.0 Å². The number of anilines is 1. The molecule has 0 aromatic heterocycles. The minimum absolute atomic E-state index is 0.0659. The van der Waals surface area contributed by atoms with Crippen molar-refractivity contribution in [1.29, 1.82) is 0 Å². The van der Waals surface area contributed by atoms with E-state index in [1.165, 1.54) is 18.2 Å². The van der Waals surface area contributed by atoms with Crippen LogP contribution < -0.4 is 5.32 Å². The van der Waals surface area contributed by atoms with Crippen LogP contribution in [0.4, 0.5) is 10.1 Å². The number of likely N-dealkylation sites (tertiary alicyclic amines) is 1. The zero-order valence-electron chi connectivity index (χ0n) is 18.8. The number of rotatable bonds is 4. The number of likely N-dealkylation sites (N-methyl/N-ethyl adjacent to an activating group) is 1. The summed E-state index contributed by atoms with van der Waals surface area (Å²) in [6.07, 6.45) is 1.64. The molecule has 2 aliphatic rings. The van der Waals surface area contributed by atoms with Gasteiger partial charge in [-0.15, -0.1) is 0 Å². The molecule has 2 aromatic carbocycles. The number of carbonyl (C=O) groups is 2. The maximum absolute atomic E-state index is 15.2. The predicted molar refractivity (Wildman–Crippen MR) is 130 cm³/mol. The zero-order chi connectivity index (χ0) is 24.1. The maximum atomic E-state index is 15.2. The molecular weight excluding hydrogens is 464 g/mol. The van der Waals surface area contributed by atoms with Crippen molar-refractivity contribution in [1.82, 2.24) is 9.80 Å². The van der Waals surface area contributed by atoms with Crippen molar-refractivity contribution in [3.8, 4) is 0 Å². The summed E-state index contributed by atoms with van der Waals surface area (Å²) in [5.74, 6) is -0.829. The first-order valence-electron chi connectivity index (χ1n) is 10.7. The van der Waals surface area contributed by atoms with Crippen molar-refractivity contribution in [2.24, 2.45) is 0 Å². The van der Waals surface area contributed by atoms with Crippen molar-refractivity contribution in [2.75, 3.05) is 32.0 Å². The number of carbonyl (C=O) groups excluding carboxylic acids is 2. The fourth-order valence-electron chi connectivity index (χ4n) is 5.08. The molecule has 1 fully saturated rings. The van der Waals surface area contributed by atoms with E-state index in [2.05, 4.69) is 25.7 Å². The molecule has 2 aromatic rings. The van der Waals surface area contributed by atoms with Gasteiger partial charge in [0.1, 0.15) is 5.82 Å². The van der Waals surface area contributed by atoms with Crippen molar-refractivity contribution in [3.63, 3.8) is 0 Å². The van der Waals surface area contributed by atoms with Crippen LogP contribution in [0.25, 0.3) is 0 Å². The van der Waals surface area contributed by atoms with Gasteiger partial charge in [0.15, 0.2) is 0 Å². The lowest BCUT2D eigenvalue weighted by molar-refractivity contribution is -0.125. The monoisotopic (exact) mass is 489 g/mol. The second-order valence-electron chi connectivity index (χ2n) is 9.44. The molecule has 0 saturated carbocycles. The lowest BCUT2D eigenvalue weighted by Gasteiger charge is -2.38. The van der Waals surface area contributed by atoms with Gasteiger partial charge in [-0.2, -0.15) is 0 Å². The summed E-state index contributed by atoms with van der Waals surface area (Å²) < 4.78 is 15.2. The number of nitrogens with one attached hydrogen (secondary N) is 1. The first-order chi connectivity index (χ1) is 15.5. The average molecular weight is 490 g/mol. The Bertz CT molecular complexity index is 1170. The molecule has 2 amide bonds. The van der Waals surface area contributed by atoms with Gasteiger partial charge in [-0.3, -0.25) is 9.59 Å². The zero-order valence-corrected chi connectivity index (χ0v) is 20.4. The summed E-state index contributed by atoms with van der Waals surface area (Å²) in [5.41, 5.74) is 1.18. The summed E-state index contributed by atoms with van der Waals surface area (Å²) in [6.45, 7) is 8.94. The summed E-state index contributed by atoms with van der Waals surface area (Å²) >= 11 is 12.7. The summed E-state index contributed by atoms with van der Waals surface area (Å²) in [5, 5.41) is 3.75. The van der Waals surface area contributed by atoms with Crippen molar-refractivity contribution in [2.45, 2.75) is 31.2 Å². The third-order valence-electron chi connectivity index (χ3n) is 6.62. The second-order valence-corrected chi connectivity index (χ2v) is 10.2. The number of hydrogen-bond donors (Lipinski definition) is 1. The third kappa shape index (κ3) is 4.00. The van der Waals surface area contributed by atoms with Gasteiger partial charge in [0, 0.05) is 48.9 Å². The molecule has 0 bridgehead atoms. The Morgan fingerprint density at radius 3 is 2.64 bits per heavy atom. The molecule has 33 heavy (non-hydrogen) atoms. The number of hydrogen-bond acceptors (Lipinski definition) is 3. The molecule has 1 atom stereocenters. The predicted octanol–water partition coefficient (Wildman–Crippen LogP) is 5.22. The number of benzene rings is 2. The summed E-state index contributed by atoms with van der Waals surface area (Å²) in [7, 11) is 1.78. The maximum Gasteiger partial charge on any atom is 0.254 e. The number of halogens is 3. The van der Waals surface area contributed by atoms with Crippen LogP contribution in [0.3, 0.4) is 0 Å². The number of amides is 2. The summed E-state index contributed by atoms with van der Waals surface area (Å²) in [4.78, 5) is 28.6. The molecule has 2 aliphatic heterocycles. The van der Waals surface area contributed by atoms with E-state index < -0.39 is 11.4 Å². The second kappa shape index (κ2) is 8.33. The van der Waals surface area contributed by atoms with E-state index in [9.17, 15) is 9.59 Å². The largest absolute Gasteiger partial charge is 0.374 e. The minimum Gasteiger partial charge on any atom is -0.374 e. The summed E-state index contributed by atoms with van der Waals surface area (Å²) in [6, 6.07) is 8.31. The Kier molecular flexibility index (Phi) is 5.95. The quantitative estimate of drug-likeness (QED) is 0.472. The van der Waals surface area contributed by atoms with E-state index in [1.54, 1.807) is 22.9 Å². The van der Waals surface area contributed by atoms with Crippen molar-refractivity contribution >= 4 is 40.7 Å². The van der Waals surface area contributed by atoms with Crippen LogP contribution in [0.5, 0.6) is 0 Å². The molecule has 0 aliphatic carbocycles. The Labute approximate surface area is 203 Å². The van der Waals surface area contributed by atoms with Crippen molar-refractivity contribution < 1.29 is 14.0 Å². The van der Waals surface area contributed by atoms with Gasteiger partial charge in [0.25, 0.3) is 5.91 Å². The van der Waals surface area contributed by atoms with Crippen LogP contribution in [0, 0.1) is 5.82 Å². The van der Waals surface area contributed by atoms with E-state index in [1.807, 2.05) is 12.1 Å². The highest BCUT2D eigenvalue weighted by Crippen LogP contribution is 2.44. The average Bonchev–Trinajstić information content (AvgIpc) is 3.18. The highest BCUT2D eigenvalue weighted by atomic mass is 35.5. The van der Waals surface area contributed by atoms with Gasteiger partial charge >= 0.3 is 0 Å². The number of fused-ring (bicyclic) bond motifs is 1. The topological polar surface area (TPSA) is 52.7 Å². The highest BCUT2D eigenvalue weighted by molar-refractivity contribution is 6.42. The molecule has 1 unspecified atom stereocenters. The van der Waals surface area contributed by atoms with Gasteiger partial charge in [0.05, 0.1) is 15.6 Å². The Hall–Kier alpha value is -2.57. The van der Waals surface area contributed by atoms with Crippen LogP contribution >= 0.6 is 23.2 Å². The first-order valence-corrected chi connectivity index (χ1v) is 11.5. The molecule has 0 radical (unpaired) electrons. The van der Waals surface area contributed by atoms with E-state index in [4.69, 9.17) is 23.2 Å². The highest BCUT2D eigenvalue weighted by Gasteiger charge is 2.45. The lowest BCUT2D eigenvalue weighted by Crippen LogP contribution is -2.45. The van der Waals surface area contributed by atoms with Crippen LogP contribution in [0.2, 0.25) is 10.0 Å². The first kappa shape index (κ1) is 23.6. The lowest BCUT2D eigenvalue weighted by atomic mass is 9.78. The molecular formula is C25H26Cl2FN3O2. The third-order valence-corrected chi connectivity index (χ3v) is 7.42. The van der Waals surface area contributed by atoms with Gasteiger partial charge in [-0.25, -0.2) is 4.39 Å². The van der Waals surface area contributed by atoms with E-state index in [0.717, 1.165) is 5.56 Å². The van der Waals surface area contributed by atoms with Gasteiger partial charge in [-0.05, 0) is 42.3 Å². The fraction of sp³-hybridized carbons (Fsp3) is 0.360. The van der Waals surface area contributed by atoms with E-state index in [-0.39, 0.29) is 39.4 Å². The van der Waals surface area contributed by atoms with Gasteiger partial charge in [-0.1, -0.05) is 49.7 Å². The standard InChI is InChI=1S/C25H26Cl2FN3O2/c1-5-20(32)31-11-10-25(14-31,21-19(28)9-8-18(26)22(21)27)29-15-6-7-17-16(12-15)23(33)30(4)13-24(17,2)3/h5-9,12,29H,1,10-11,13-14H2,2-4H3. The molecule has 174 valence electrons. The molecule has 1 saturated heterocycles. The van der Waals surface area contributed by atoms with E-state index >= 15 is 4.39 Å². The Balaban J connectivity index is 1.82. The normalized spacial score (nSPS) is 21.7. The van der Waals surface area contributed by atoms with Gasteiger partial charge < -0.3 is 15.1 Å². The molecule has 8 heteroatoms. The molecule has 4 rings (SSSR count). The Morgan fingerprint density at radius 2 is 1.94 bits per heavy atom. The minimum atomic E-state index is -1.03. The molecule has 1 N–H and O–H groups in total. The van der Waals surface area contributed by atoms with Crippen LogP contribution in [-0.2, 0) is 15.7 Å². The molecule has 0 spiro atoms.